The van der Waals surface area contributed by atoms with E-state index in [-0.39, 0.29) is 11.8 Å². The fourth-order valence-electron chi connectivity index (χ4n) is 4.17. The Bertz CT molecular complexity index is 1220. The van der Waals surface area contributed by atoms with E-state index in [9.17, 15) is 9.59 Å². The predicted octanol–water partition coefficient (Wildman–Crippen LogP) is 4.07. The van der Waals surface area contributed by atoms with Gasteiger partial charge in [-0.25, -0.2) is 0 Å². The van der Waals surface area contributed by atoms with Crippen LogP contribution in [-0.2, 0) is 4.79 Å². The minimum absolute atomic E-state index is 0.0331. The molecule has 0 unspecified atom stereocenters. The molecule has 178 valence electrons. The highest BCUT2D eigenvalue weighted by molar-refractivity contribution is 6.04. The molecule has 0 saturated carbocycles. The van der Waals surface area contributed by atoms with Crippen molar-refractivity contribution in [3.05, 3.63) is 90.0 Å². The minimum Gasteiger partial charge on any atom is -0.486 e. The highest BCUT2D eigenvalue weighted by atomic mass is 16.6. The average molecular weight is 470 g/mol. The molecule has 3 aromatic carbocycles. The number of piperazine rings is 1. The zero-order valence-electron chi connectivity index (χ0n) is 19.4. The second-order valence-corrected chi connectivity index (χ2v) is 8.42. The van der Waals surface area contributed by atoms with Crippen molar-refractivity contribution in [3.8, 4) is 11.5 Å². The Morgan fingerprint density at radius 2 is 1.51 bits per heavy atom. The fraction of sp³-hybridized carbons (Fsp3) is 0.214. The SMILES string of the molecule is O=C(Nc1ccc(N2CCN(C(=O)/C=C/c3ccccc3)CC2)cc1)c1ccc2c(c1)OCCO2. The molecule has 7 heteroatoms. The van der Waals surface area contributed by atoms with Gasteiger partial charge >= 0.3 is 0 Å². The van der Waals surface area contributed by atoms with E-state index < -0.39 is 0 Å². The summed E-state index contributed by atoms with van der Waals surface area (Å²) < 4.78 is 11.1. The molecule has 0 radical (unpaired) electrons. The second-order valence-electron chi connectivity index (χ2n) is 8.42. The van der Waals surface area contributed by atoms with Crippen LogP contribution < -0.4 is 19.7 Å². The van der Waals surface area contributed by atoms with E-state index in [1.807, 2.05) is 65.6 Å². The Morgan fingerprint density at radius 1 is 0.800 bits per heavy atom. The molecule has 2 aliphatic heterocycles. The van der Waals surface area contributed by atoms with Crippen LogP contribution in [0.4, 0.5) is 11.4 Å². The van der Waals surface area contributed by atoms with Gasteiger partial charge in [-0.3, -0.25) is 9.59 Å². The van der Waals surface area contributed by atoms with Crippen LogP contribution in [0.15, 0.2) is 78.9 Å². The molecule has 2 amide bonds. The monoisotopic (exact) mass is 469 g/mol. The Hall–Kier alpha value is -4.26. The number of hydrogen-bond acceptors (Lipinski definition) is 5. The lowest BCUT2D eigenvalue weighted by Gasteiger charge is -2.35. The van der Waals surface area contributed by atoms with Crippen molar-refractivity contribution >= 4 is 29.3 Å². The van der Waals surface area contributed by atoms with Crippen molar-refractivity contribution in [3.63, 3.8) is 0 Å². The first kappa shape index (κ1) is 22.5. The molecule has 1 saturated heterocycles. The van der Waals surface area contributed by atoms with E-state index in [0.29, 0.717) is 49.1 Å². The molecular weight excluding hydrogens is 442 g/mol. The molecule has 1 N–H and O–H groups in total. The van der Waals surface area contributed by atoms with Crippen molar-refractivity contribution < 1.29 is 19.1 Å². The Kier molecular flexibility index (Phi) is 6.66. The van der Waals surface area contributed by atoms with Gasteiger partial charge in [-0.05, 0) is 54.1 Å². The molecule has 0 aromatic heterocycles. The quantitative estimate of drug-likeness (QED) is 0.571. The standard InChI is InChI=1S/C28H27N3O4/c32-27(13-6-21-4-2-1-3-5-21)31-16-14-30(15-17-31)24-10-8-23(9-11-24)29-28(33)22-7-12-25-26(20-22)35-19-18-34-25/h1-13,20H,14-19H2,(H,29,33)/b13-6+. The smallest absolute Gasteiger partial charge is 0.255 e. The molecule has 7 nitrogen and oxygen atoms in total. The molecule has 0 bridgehead atoms. The van der Waals surface area contributed by atoms with Crippen LogP contribution in [0.5, 0.6) is 11.5 Å². The predicted molar refractivity (Wildman–Crippen MR) is 136 cm³/mol. The van der Waals surface area contributed by atoms with Crippen molar-refractivity contribution in [2.24, 2.45) is 0 Å². The van der Waals surface area contributed by atoms with Gasteiger partial charge < -0.3 is 24.6 Å². The Balaban J connectivity index is 1.14. The van der Waals surface area contributed by atoms with Gasteiger partial charge in [0.2, 0.25) is 5.91 Å². The van der Waals surface area contributed by atoms with Gasteiger partial charge in [0.15, 0.2) is 11.5 Å². The molecule has 1 fully saturated rings. The first-order valence-electron chi connectivity index (χ1n) is 11.7. The van der Waals surface area contributed by atoms with Gasteiger partial charge in [-0.15, -0.1) is 0 Å². The lowest BCUT2D eigenvalue weighted by Crippen LogP contribution is -2.48. The van der Waals surface area contributed by atoms with Crippen molar-refractivity contribution in [1.29, 1.82) is 0 Å². The number of carbonyl (C=O) groups excluding carboxylic acids is 2. The van der Waals surface area contributed by atoms with Crippen LogP contribution in [0.1, 0.15) is 15.9 Å². The molecule has 35 heavy (non-hydrogen) atoms. The number of anilines is 2. The second kappa shape index (κ2) is 10.3. The first-order valence-corrected chi connectivity index (χ1v) is 11.7. The van der Waals surface area contributed by atoms with Crippen molar-refractivity contribution in [1.82, 2.24) is 4.90 Å². The number of fused-ring (bicyclic) bond motifs is 1. The third kappa shape index (κ3) is 5.46. The first-order chi connectivity index (χ1) is 17.2. The minimum atomic E-state index is -0.203. The van der Waals surface area contributed by atoms with Gasteiger partial charge in [0.1, 0.15) is 13.2 Å². The van der Waals surface area contributed by atoms with Crippen LogP contribution in [0.3, 0.4) is 0 Å². The molecule has 2 heterocycles. The molecule has 0 atom stereocenters. The lowest BCUT2D eigenvalue weighted by atomic mass is 10.1. The Morgan fingerprint density at radius 3 is 2.26 bits per heavy atom. The number of amides is 2. The highest BCUT2D eigenvalue weighted by Crippen LogP contribution is 2.31. The molecule has 2 aliphatic rings. The van der Waals surface area contributed by atoms with Crippen LogP contribution in [0, 0.1) is 0 Å². The molecular formula is C28H27N3O4. The summed E-state index contributed by atoms with van der Waals surface area (Å²) in [5.41, 5.74) is 3.31. The van der Waals surface area contributed by atoms with E-state index >= 15 is 0 Å². The highest BCUT2D eigenvalue weighted by Gasteiger charge is 2.20. The zero-order chi connectivity index (χ0) is 24.0. The Labute approximate surface area is 204 Å². The van der Waals surface area contributed by atoms with E-state index in [0.717, 1.165) is 24.3 Å². The summed E-state index contributed by atoms with van der Waals surface area (Å²) in [5.74, 6) is 1.08. The van der Waals surface area contributed by atoms with E-state index in [1.54, 1.807) is 24.3 Å². The summed E-state index contributed by atoms with van der Waals surface area (Å²) in [6, 6.07) is 22.8. The number of ether oxygens (including phenoxy) is 2. The number of rotatable bonds is 5. The molecule has 0 spiro atoms. The van der Waals surface area contributed by atoms with Crippen LogP contribution >= 0.6 is 0 Å². The van der Waals surface area contributed by atoms with Crippen molar-refractivity contribution in [2.75, 3.05) is 49.6 Å². The normalized spacial score (nSPS) is 15.2. The van der Waals surface area contributed by atoms with E-state index in [1.165, 1.54) is 0 Å². The summed E-state index contributed by atoms with van der Waals surface area (Å²) >= 11 is 0. The maximum atomic E-state index is 12.7. The van der Waals surface area contributed by atoms with E-state index in [2.05, 4.69) is 10.2 Å². The number of carbonyl (C=O) groups is 2. The summed E-state index contributed by atoms with van der Waals surface area (Å²) in [4.78, 5) is 29.3. The summed E-state index contributed by atoms with van der Waals surface area (Å²) in [7, 11) is 0. The average Bonchev–Trinajstić information content (AvgIpc) is 2.92. The number of hydrogen-bond donors (Lipinski definition) is 1. The third-order valence-corrected chi connectivity index (χ3v) is 6.10. The lowest BCUT2D eigenvalue weighted by molar-refractivity contribution is -0.126. The van der Waals surface area contributed by atoms with Gasteiger partial charge in [0.05, 0.1) is 0 Å². The number of nitrogens with one attached hydrogen (secondary N) is 1. The summed E-state index contributed by atoms with van der Waals surface area (Å²) in [5, 5.41) is 2.93. The maximum Gasteiger partial charge on any atom is 0.255 e. The van der Waals surface area contributed by atoms with Gasteiger partial charge in [-0.2, -0.15) is 0 Å². The topological polar surface area (TPSA) is 71.1 Å². The van der Waals surface area contributed by atoms with Gasteiger partial charge in [0, 0.05) is 49.2 Å². The molecule has 0 aliphatic carbocycles. The van der Waals surface area contributed by atoms with Gasteiger partial charge in [0.25, 0.3) is 5.91 Å². The van der Waals surface area contributed by atoms with Crippen molar-refractivity contribution in [2.45, 2.75) is 0 Å². The maximum absolute atomic E-state index is 12.7. The van der Waals surface area contributed by atoms with Crippen LogP contribution in [-0.4, -0.2) is 56.1 Å². The number of benzene rings is 3. The van der Waals surface area contributed by atoms with Crippen LogP contribution in [0.25, 0.3) is 6.08 Å². The van der Waals surface area contributed by atoms with E-state index in [4.69, 9.17) is 9.47 Å². The van der Waals surface area contributed by atoms with Gasteiger partial charge in [-0.1, -0.05) is 30.3 Å². The molecule has 3 aromatic rings. The summed E-state index contributed by atoms with van der Waals surface area (Å²) in [6.45, 7) is 3.84. The van der Waals surface area contributed by atoms with Crippen LogP contribution in [0.2, 0.25) is 0 Å². The third-order valence-electron chi connectivity index (χ3n) is 6.10. The largest absolute Gasteiger partial charge is 0.486 e. The zero-order valence-corrected chi connectivity index (χ0v) is 19.4. The summed E-state index contributed by atoms with van der Waals surface area (Å²) in [6.07, 6.45) is 3.50. The molecule has 5 rings (SSSR count). The number of nitrogens with zero attached hydrogens (tertiary/aromatic N) is 2. The fourth-order valence-corrected chi connectivity index (χ4v) is 4.17.